The molecule has 2 aliphatic heterocycles. The highest BCUT2D eigenvalue weighted by atomic mass is 127. The topological polar surface area (TPSA) is 104 Å². The SMILES string of the molecule is O=C(CN1C(=O)N/C(=C\c2cc(Br)c(I)o2)C1=O)Nc1ccc(N2CCOCC2)cc1. The van der Waals surface area contributed by atoms with E-state index in [1.165, 1.54) is 6.08 Å². The molecule has 4 rings (SSSR count). The van der Waals surface area contributed by atoms with Gasteiger partial charge in [-0.15, -0.1) is 0 Å². The van der Waals surface area contributed by atoms with Crippen LogP contribution in [0.3, 0.4) is 0 Å². The molecule has 4 amide bonds. The minimum Gasteiger partial charge on any atom is -0.450 e. The van der Waals surface area contributed by atoms with Gasteiger partial charge in [0.05, 0.1) is 17.7 Å². The molecule has 2 aliphatic rings. The molecule has 3 heterocycles. The van der Waals surface area contributed by atoms with E-state index >= 15 is 0 Å². The summed E-state index contributed by atoms with van der Waals surface area (Å²) in [6.45, 7) is 2.63. The van der Waals surface area contributed by atoms with E-state index in [0.717, 1.165) is 28.1 Å². The smallest absolute Gasteiger partial charge is 0.329 e. The Bertz CT molecular complexity index is 1030. The lowest BCUT2D eigenvalue weighted by atomic mass is 10.2. The van der Waals surface area contributed by atoms with Crippen molar-refractivity contribution in [3.63, 3.8) is 0 Å². The van der Waals surface area contributed by atoms with Gasteiger partial charge in [-0.1, -0.05) is 0 Å². The molecule has 0 atom stereocenters. The summed E-state index contributed by atoms with van der Waals surface area (Å²) >= 11 is 5.32. The molecule has 2 saturated heterocycles. The van der Waals surface area contributed by atoms with Gasteiger partial charge in [0.1, 0.15) is 18.0 Å². The zero-order valence-corrected chi connectivity index (χ0v) is 19.9. The van der Waals surface area contributed by atoms with E-state index in [0.29, 0.717) is 28.4 Å². The number of nitrogens with zero attached hydrogens (tertiary/aromatic N) is 2. The van der Waals surface area contributed by atoms with E-state index in [1.807, 2.05) is 34.7 Å². The third kappa shape index (κ3) is 5.10. The van der Waals surface area contributed by atoms with Crippen LogP contribution in [0, 0.1) is 3.77 Å². The quantitative estimate of drug-likeness (QED) is 0.311. The first-order valence-corrected chi connectivity index (χ1v) is 11.3. The van der Waals surface area contributed by atoms with Gasteiger partial charge in [0.15, 0.2) is 3.77 Å². The monoisotopic (exact) mass is 600 g/mol. The van der Waals surface area contributed by atoms with Gasteiger partial charge < -0.3 is 24.7 Å². The Morgan fingerprint density at radius 3 is 2.58 bits per heavy atom. The zero-order valence-electron chi connectivity index (χ0n) is 16.2. The van der Waals surface area contributed by atoms with E-state index < -0.39 is 24.4 Å². The van der Waals surface area contributed by atoms with Crippen molar-refractivity contribution >= 4 is 73.8 Å². The number of amides is 4. The predicted molar refractivity (Wildman–Crippen MR) is 125 cm³/mol. The van der Waals surface area contributed by atoms with Crippen LogP contribution in [0.25, 0.3) is 6.08 Å². The van der Waals surface area contributed by atoms with Crippen molar-refractivity contribution in [1.29, 1.82) is 0 Å². The molecule has 11 heteroatoms. The average molecular weight is 601 g/mol. The van der Waals surface area contributed by atoms with Gasteiger partial charge in [0.2, 0.25) is 5.91 Å². The largest absolute Gasteiger partial charge is 0.450 e. The number of hydrogen-bond donors (Lipinski definition) is 2. The number of benzene rings is 1. The number of furan rings is 1. The molecule has 1 aromatic carbocycles. The summed E-state index contributed by atoms with van der Waals surface area (Å²) in [6.07, 6.45) is 1.43. The fourth-order valence-electron chi connectivity index (χ4n) is 3.21. The number of urea groups is 1. The third-order valence-corrected chi connectivity index (χ3v) is 6.87. The van der Waals surface area contributed by atoms with E-state index in [4.69, 9.17) is 9.15 Å². The number of ether oxygens (including phenoxy) is 1. The molecule has 9 nitrogen and oxygen atoms in total. The van der Waals surface area contributed by atoms with Crippen LogP contribution in [0.5, 0.6) is 0 Å². The highest BCUT2D eigenvalue weighted by Gasteiger charge is 2.35. The summed E-state index contributed by atoms with van der Waals surface area (Å²) in [6, 6.07) is 8.43. The van der Waals surface area contributed by atoms with Gasteiger partial charge in [-0.05, 0) is 46.3 Å². The van der Waals surface area contributed by atoms with Crippen molar-refractivity contribution in [2.24, 2.45) is 0 Å². The van der Waals surface area contributed by atoms with Crippen molar-refractivity contribution in [2.75, 3.05) is 43.1 Å². The van der Waals surface area contributed by atoms with Crippen LogP contribution in [0.2, 0.25) is 0 Å². The number of hydrogen-bond acceptors (Lipinski definition) is 6. The van der Waals surface area contributed by atoms with Crippen LogP contribution in [0.4, 0.5) is 16.2 Å². The highest BCUT2D eigenvalue weighted by Crippen LogP contribution is 2.25. The second-order valence-electron chi connectivity index (χ2n) is 6.84. The molecule has 31 heavy (non-hydrogen) atoms. The average Bonchev–Trinajstić information content (AvgIpc) is 3.21. The van der Waals surface area contributed by atoms with E-state index in [2.05, 4.69) is 31.5 Å². The van der Waals surface area contributed by atoms with E-state index in [9.17, 15) is 14.4 Å². The summed E-state index contributed by atoms with van der Waals surface area (Å²) in [5, 5.41) is 5.18. The number of nitrogens with one attached hydrogen (secondary N) is 2. The fraction of sp³-hybridized carbons (Fsp3) is 0.250. The molecule has 0 aliphatic carbocycles. The molecule has 2 aromatic rings. The summed E-state index contributed by atoms with van der Waals surface area (Å²) in [7, 11) is 0. The van der Waals surface area contributed by atoms with Crippen molar-refractivity contribution in [1.82, 2.24) is 10.2 Å². The standard InChI is InChI=1S/C20H18BrIN4O5/c21-15-9-14(31-18(15)22)10-16-19(28)26(20(29)24-16)11-17(27)23-12-1-3-13(4-2-12)25-5-7-30-8-6-25/h1-4,9-10H,5-8,11H2,(H,23,27)(H,24,29)/b16-10-. The molecule has 0 saturated carbocycles. The second-order valence-corrected chi connectivity index (χ2v) is 8.68. The molecule has 2 fully saturated rings. The number of carbonyl (C=O) groups is 3. The van der Waals surface area contributed by atoms with Crippen molar-refractivity contribution < 1.29 is 23.5 Å². The van der Waals surface area contributed by atoms with E-state index in [-0.39, 0.29) is 5.70 Å². The molecular weight excluding hydrogens is 583 g/mol. The minimum absolute atomic E-state index is 0.0466. The first-order chi connectivity index (χ1) is 14.9. The second kappa shape index (κ2) is 9.40. The minimum atomic E-state index is -0.658. The van der Waals surface area contributed by atoms with Crippen LogP contribution in [-0.2, 0) is 14.3 Å². The van der Waals surface area contributed by atoms with Crippen molar-refractivity contribution in [2.45, 2.75) is 0 Å². The van der Waals surface area contributed by atoms with Crippen molar-refractivity contribution in [3.8, 4) is 0 Å². The van der Waals surface area contributed by atoms with Gasteiger partial charge in [-0.25, -0.2) is 9.69 Å². The van der Waals surface area contributed by atoms with Gasteiger partial charge in [0, 0.05) is 53.1 Å². The van der Waals surface area contributed by atoms with Crippen LogP contribution in [-0.4, -0.2) is 55.6 Å². The van der Waals surface area contributed by atoms with Crippen LogP contribution >= 0.6 is 38.5 Å². The number of anilines is 2. The van der Waals surface area contributed by atoms with Gasteiger partial charge in [-0.3, -0.25) is 9.59 Å². The maximum Gasteiger partial charge on any atom is 0.329 e. The normalized spacial score (nSPS) is 17.9. The number of morpholine rings is 1. The molecule has 2 N–H and O–H groups in total. The van der Waals surface area contributed by atoms with Crippen LogP contribution in [0.1, 0.15) is 5.76 Å². The first kappa shape index (κ1) is 21.8. The molecule has 1 aromatic heterocycles. The van der Waals surface area contributed by atoms with Gasteiger partial charge in [-0.2, -0.15) is 0 Å². The molecular formula is C20H18BrIN4O5. The van der Waals surface area contributed by atoms with E-state index in [1.54, 1.807) is 18.2 Å². The molecule has 0 radical (unpaired) electrons. The van der Waals surface area contributed by atoms with Gasteiger partial charge >= 0.3 is 6.03 Å². The third-order valence-electron chi connectivity index (χ3n) is 4.74. The molecule has 0 spiro atoms. The zero-order chi connectivity index (χ0) is 22.0. The Hall–Kier alpha value is -2.38. The van der Waals surface area contributed by atoms with Crippen LogP contribution < -0.4 is 15.5 Å². The lowest BCUT2D eigenvalue weighted by Crippen LogP contribution is -2.38. The number of rotatable bonds is 5. The van der Waals surface area contributed by atoms with Crippen molar-refractivity contribution in [3.05, 3.63) is 50.0 Å². The Kier molecular flexibility index (Phi) is 6.62. The first-order valence-electron chi connectivity index (χ1n) is 9.43. The maximum absolute atomic E-state index is 12.5. The Morgan fingerprint density at radius 1 is 1.23 bits per heavy atom. The number of halogens is 2. The summed E-state index contributed by atoms with van der Waals surface area (Å²) < 4.78 is 12.2. The van der Waals surface area contributed by atoms with Gasteiger partial charge in [0.25, 0.3) is 5.91 Å². The highest BCUT2D eigenvalue weighted by molar-refractivity contribution is 14.1. The number of carbonyl (C=O) groups excluding carboxylic acids is 3. The molecule has 162 valence electrons. The Morgan fingerprint density at radius 2 is 1.94 bits per heavy atom. The molecule has 0 bridgehead atoms. The lowest BCUT2D eigenvalue weighted by molar-refractivity contribution is -0.127. The Balaban J connectivity index is 1.36. The number of imide groups is 1. The fourth-order valence-corrected chi connectivity index (χ4v) is 3.93. The predicted octanol–water partition coefficient (Wildman–Crippen LogP) is 3.01. The summed E-state index contributed by atoms with van der Waals surface area (Å²) in [4.78, 5) is 40.2. The summed E-state index contributed by atoms with van der Waals surface area (Å²) in [5.41, 5.74) is 1.68. The molecule has 0 unspecified atom stereocenters. The lowest BCUT2D eigenvalue weighted by Gasteiger charge is -2.28. The summed E-state index contributed by atoms with van der Waals surface area (Å²) in [5.74, 6) is -0.656. The Labute approximate surface area is 200 Å². The van der Waals surface area contributed by atoms with Crippen LogP contribution in [0.15, 0.2) is 44.9 Å². The maximum atomic E-state index is 12.5.